The third kappa shape index (κ3) is 7.33. The summed E-state index contributed by atoms with van der Waals surface area (Å²) in [5.41, 5.74) is 0.788. The molecule has 3 rings (SSSR count). The second-order valence-electron chi connectivity index (χ2n) is 8.95. The molecule has 0 spiro atoms. The van der Waals surface area contributed by atoms with E-state index in [9.17, 15) is 22.4 Å². The summed E-state index contributed by atoms with van der Waals surface area (Å²) in [4.78, 5) is 28.1. The number of nitrogens with one attached hydrogen (secondary N) is 1. The first kappa shape index (κ1) is 29.1. The average Bonchev–Trinajstić information content (AvgIpc) is 2.91. The van der Waals surface area contributed by atoms with Gasteiger partial charge in [-0.3, -0.25) is 13.9 Å². The van der Waals surface area contributed by atoms with Crippen LogP contribution in [0.5, 0.6) is 0 Å². The summed E-state index contributed by atoms with van der Waals surface area (Å²) in [7, 11) is -4.17. The third-order valence-corrected chi connectivity index (χ3v) is 8.16. The van der Waals surface area contributed by atoms with Crippen molar-refractivity contribution in [1.29, 1.82) is 0 Å². The van der Waals surface area contributed by atoms with Crippen LogP contribution in [-0.2, 0) is 26.2 Å². The van der Waals surface area contributed by atoms with Gasteiger partial charge < -0.3 is 10.2 Å². The first-order chi connectivity index (χ1) is 18.0. The zero-order valence-electron chi connectivity index (χ0n) is 21.5. The zero-order chi connectivity index (χ0) is 27.9. The molecule has 10 heteroatoms. The molecule has 0 aliphatic rings. The summed E-state index contributed by atoms with van der Waals surface area (Å²) >= 11 is 6.16. The molecule has 3 aromatic carbocycles. The summed E-state index contributed by atoms with van der Waals surface area (Å²) in [6.45, 7) is 4.75. The van der Waals surface area contributed by atoms with Gasteiger partial charge in [0.05, 0.1) is 10.6 Å². The number of carbonyl (C=O) groups is 2. The van der Waals surface area contributed by atoms with Gasteiger partial charge in [-0.25, -0.2) is 12.8 Å². The molecule has 0 fully saturated rings. The quantitative estimate of drug-likeness (QED) is 0.358. The van der Waals surface area contributed by atoms with E-state index in [0.29, 0.717) is 17.0 Å². The average molecular weight is 560 g/mol. The number of anilines is 1. The molecule has 0 saturated heterocycles. The zero-order valence-corrected chi connectivity index (χ0v) is 23.0. The van der Waals surface area contributed by atoms with Crippen molar-refractivity contribution in [2.75, 3.05) is 10.8 Å². The number of benzene rings is 3. The Hall–Kier alpha value is -3.43. The van der Waals surface area contributed by atoms with Crippen LogP contribution in [0.2, 0.25) is 5.02 Å². The SMILES string of the molecule is CC[C@H](C)NC(=O)[C@H](C)N(Cc1ccc(F)cc1)C(=O)CN(c1cccc(Cl)c1)S(=O)(=O)c1ccccc1. The number of halogens is 2. The first-order valence-electron chi connectivity index (χ1n) is 12.2. The monoisotopic (exact) mass is 559 g/mol. The molecule has 0 aliphatic carbocycles. The Morgan fingerprint density at radius 3 is 2.24 bits per heavy atom. The van der Waals surface area contributed by atoms with Crippen molar-refractivity contribution in [3.8, 4) is 0 Å². The largest absolute Gasteiger partial charge is 0.352 e. The minimum absolute atomic E-state index is 0.000391. The van der Waals surface area contributed by atoms with Crippen LogP contribution >= 0.6 is 11.6 Å². The van der Waals surface area contributed by atoms with Gasteiger partial charge in [-0.2, -0.15) is 0 Å². The lowest BCUT2D eigenvalue weighted by molar-refractivity contribution is -0.139. The van der Waals surface area contributed by atoms with E-state index in [1.54, 1.807) is 43.3 Å². The van der Waals surface area contributed by atoms with Crippen LogP contribution in [0.4, 0.5) is 10.1 Å². The highest BCUT2D eigenvalue weighted by atomic mass is 35.5. The predicted octanol–water partition coefficient (Wildman–Crippen LogP) is 5.01. The maximum atomic E-state index is 13.8. The number of hydrogen-bond acceptors (Lipinski definition) is 4. The smallest absolute Gasteiger partial charge is 0.264 e. The van der Waals surface area contributed by atoms with Gasteiger partial charge in [0.25, 0.3) is 10.0 Å². The fraction of sp³-hybridized carbons (Fsp3) is 0.286. The molecule has 1 N–H and O–H groups in total. The Labute approximate surface area is 228 Å². The Bertz CT molecular complexity index is 1350. The molecule has 2 atom stereocenters. The Balaban J connectivity index is 2.01. The molecule has 0 saturated carbocycles. The minimum atomic E-state index is -4.17. The Morgan fingerprint density at radius 1 is 0.974 bits per heavy atom. The molecular weight excluding hydrogens is 529 g/mol. The van der Waals surface area contributed by atoms with Crippen molar-refractivity contribution < 1.29 is 22.4 Å². The van der Waals surface area contributed by atoms with Gasteiger partial charge in [-0.1, -0.05) is 54.9 Å². The Kier molecular flexibility index (Phi) is 9.88. The molecule has 0 unspecified atom stereocenters. The lowest BCUT2D eigenvalue weighted by Gasteiger charge is -2.32. The van der Waals surface area contributed by atoms with Crippen molar-refractivity contribution >= 4 is 39.1 Å². The van der Waals surface area contributed by atoms with Gasteiger partial charge in [0.1, 0.15) is 18.4 Å². The van der Waals surface area contributed by atoms with Gasteiger partial charge in [0, 0.05) is 17.6 Å². The van der Waals surface area contributed by atoms with Crippen molar-refractivity contribution in [1.82, 2.24) is 10.2 Å². The number of nitrogens with zero attached hydrogens (tertiary/aromatic N) is 2. The highest BCUT2D eigenvalue weighted by molar-refractivity contribution is 7.92. The molecule has 202 valence electrons. The van der Waals surface area contributed by atoms with E-state index in [-0.39, 0.29) is 29.1 Å². The number of hydrogen-bond donors (Lipinski definition) is 1. The van der Waals surface area contributed by atoms with Crippen LogP contribution < -0.4 is 9.62 Å². The van der Waals surface area contributed by atoms with Gasteiger partial charge >= 0.3 is 0 Å². The van der Waals surface area contributed by atoms with Crippen LogP contribution in [0.1, 0.15) is 32.8 Å². The topological polar surface area (TPSA) is 86.8 Å². The molecule has 3 aromatic rings. The summed E-state index contributed by atoms with van der Waals surface area (Å²) in [6.07, 6.45) is 0.697. The van der Waals surface area contributed by atoms with Crippen molar-refractivity contribution in [3.63, 3.8) is 0 Å². The highest BCUT2D eigenvalue weighted by Crippen LogP contribution is 2.26. The summed E-state index contributed by atoms with van der Waals surface area (Å²) in [5.74, 6) is -1.43. The van der Waals surface area contributed by atoms with Crippen molar-refractivity contribution in [2.45, 2.75) is 50.7 Å². The molecule has 2 amide bonds. The van der Waals surface area contributed by atoms with Gasteiger partial charge in [0.2, 0.25) is 11.8 Å². The van der Waals surface area contributed by atoms with E-state index >= 15 is 0 Å². The summed E-state index contributed by atoms with van der Waals surface area (Å²) in [5, 5.41) is 3.16. The van der Waals surface area contributed by atoms with Crippen LogP contribution in [0.3, 0.4) is 0 Å². The molecular formula is C28H31ClFN3O4S. The van der Waals surface area contributed by atoms with E-state index in [1.165, 1.54) is 47.4 Å². The molecule has 0 aliphatic heterocycles. The van der Waals surface area contributed by atoms with Crippen LogP contribution in [-0.4, -0.2) is 43.8 Å². The highest BCUT2D eigenvalue weighted by Gasteiger charge is 2.32. The van der Waals surface area contributed by atoms with E-state index in [4.69, 9.17) is 11.6 Å². The molecule has 0 radical (unpaired) electrons. The number of carbonyl (C=O) groups excluding carboxylic acids is 2. The first-order valence-corrected chi connectivity index (χ1v) is 14.0. The van der Waals surface area contributed by atoms with Crippen LogP contribution in [0.15, 0.2) is 83.8 Å². The molecule has 0 aromatic heterocycles. The maximum absolute atomic E-state index is 13.8. The maximum Gasteiger partial charge on any atom is 0.264 e. The van der Waals surface area contributed by atoms with E-state index < -0.39 is 34.3 Å². The lowest BCUT2D eigenvalue weighted by Crippen LogP contribution is -2.52. The number of sulfonamides is 1. The molecule has 38 heavy (non-hydrogen) atoms. The van der Waals surface area contributed by atoms with Gasteiger partial charge in [-0.05, 0) is 68.3 Å². The van der Waals surface area contributed by atoms with Gasteiger partial charge in [-0.15, -0.1) is 0 Å². The van der Waals surface area contributed by atoms with E-state index in [0.717, 1.165) is 4.31 Å². The second kappa shape index (κ2) is 12.9. The molecule has 7 nitrogen and oxygen atoms in total. The van der Waals surface area contributed by atoms with Crippen LogP contribution in [0, 0.1) is 5.82 Å². The van der Waals surface area contributed by atoms with E-state index in [2.05, 4.69) is 5.32 Å². The normalized spacial score (nSPS) is 12.9. The summed E-state index contributed by atoms with van der Waals surface area (Å²) < 4.78 is 41.8. The van der Waals surface area contributed by atoms with E-state index in [1.807, 2.05) is 13.8 Å². The van der Waals surface area contributed by atoms with Crippen molar-refractivity contribution in [3.05, 3.63) is 95.3 Å². The summed E-state index contributed by atoms with van der Waals surface area (Å²) in [6, 6.07) is 18.5. The Morgan fingerprint density at radius 2 is 1.63 bits per heavy atom. The fourth-order valence-corrected chi connectivity index (χ4v) is 5.33. The number of amides is 2. The van der Waals surface area contributed by atoms with Gasteiger partial charge in [0.15, 0.2) is 0 Å². The fourth-order valence-electron chi connectivity index (χ4n) is 3.71. The predicted molar refractivity (Wildman–Crippen MR) is 147 cm³/mol. The number of rotatable bonds is 11. The minimum Gasteiger partial charge on any atom is -0.352 e. The van der Waals surface area contributed by atoms with Crippen LogP contribution in [0.25, 0.3) is 0 Å². The van der Waals surface area contributed by atoms with Crippen molar-refractivity contribution in [2.24, 2.45) is 0 Å². The molecule has 0 heterocycles. The standard InChI is InChI=1S/C28H31ClFN3O4S/c1-4-20(2)31-28(35)21(3)32(18-22-13-15-24(30)16-14-22)27(34)19-33(25-10-8-9-23(29)17-25)38(36,37)26-11-6-5-7-12-26/h5-17,20-21H,4,18-19H2,1-3H3,(H,31,35)/t20-,21-/m0/s1. The lowest BCUT2D eigenvalue weighted by atomic mass is 10.1. The third-order valence-electron chi connectivity index (χ3n) is 6.14. The second-order valence-corrected chi connectivity index (χ2v) is 11.2. The molecule has 0 bridgehead atoms.